The summed E-state index contributed by atoms with van der Waals surface area (Å²) in [5.74, 6) is 0.836. The van der Waals surface area contributed by atoms with E-state index in [0.717, 1.165) is 12.2 Å². The number of sulfonamides is 1. The average molecular weight is 363 g/mol. The van der Waals surface area contributed by atoms with Crippen molar-refractivity contribution in [1.82, 2.24) is 8.75 Å². The van der Waals surface area contributed by atoms with Gasteiger partial charge in [0.2, 0.25) is 10.0 Å². The van der Waals surface area contributed by atoms with E-state index in [0.29, 0.717) is 18.1 Å². The quantitative estimate of drug-likeness (QED) is 0.487. The molecule has 0 aromatic rings. The standard InChI is InChI=1S/C10H23N2O2PS4/c1-6-9-18-15(17,11(7-2)10(4)16)12(8-3)19(5,13)14/h6-9H2,1-5H3. The van der Waals surface area contributed by atoms with Gasteiger partial charge in [-0.3, -0.25) is 0 Å². The van der Waals surface area contributed by atoms with Crippen molar-refractivity contribution in [2.24, 2.45) is 0 Å². The first-order chi connectivity index (χ1) is 8.65. The van der Waals surface area contributed by atoms with Crippen LogP contribution in [0.25, 0.3) is 0 Å². The minimum atomic E-state index is -3.34. The Labute approximate surface area is 132 Å². The van der Waals surface area contributed by atoms with E-state index in [2.05, 4.69) is 6.92 Å². The highest BCUT2D eigenvalue weighted by atomic mass is 32.9. The summed E-state index contributed by atoms with van der Waals surface area (Å²) in [6.07, 6.45) is 2.18. The van der Waals surface area contributed by atoms with Crippen LogP contribution in [0.2, 0.25) is 0 Å². The molecular weight excluding hydrogens is 339 g/mol. The third-order valence-electron chi connectivity index (χ3n) is 2.37. The lowest BCUT2D eigenvalue weighted by Gasteiger charge is -2.40. The fraction of sp³-hybridized carbons (Fsp3) is 0.900. The van der Waals surface area contributed by atoms with Crippen LogP contribution >= 0.6 is 29.1 Å². The lowest BCUT2D eigenvalue weighted by Crippen LogP contribution is -2.35. The third kappa shape index (κ3) is 5.25. The molecule has 9 heteroatoms. The molecule has 0 amide bonds. The summed E-state index contributed by atoms with van der Waals surface area (Å²) in [6, 6.07) is 0. The van der Waals surface area contributed by atoms with Crippen LogP contribution in [-0.2, 0) is 21.8 Å². The van der Waals surface area contributed by atoms with Gasteiger partial charge in [0.05, 0.1) is 11.2 Å². The van der Waals surface area contributed by atoms with E-state index < -0.39 is 15.6 Å². The summed E-state index contributed by atoms with van der Waals surface area (Å²) in [6.45, 7) is 8.66. The van der Waals surface area contributed by atoms with Crippen molar-refractivity contribution in [2.75, 3.05) is 25.1 Å². The Bertz CT molecular complexity index is 452. The maximum Gasteiger partial charge on any atom is 0.217 e. The van der Waals surface area contributed by atoms with Gasteiger partial charge in [-0.2, -0.15) is 0 Å². The molecule has 4 nitrogen and oxygen atoms in total. The molecule has 0 bridgehead atoms. The van der Waals surface area contributed by atoms with Crippen LogP contribution in [0.4, 0.5) is 0 Å². The normalized spacial score (nSPS) is 15.3. The minimum Gasteiger partial charge on any atom is -0.319 e. The van der Waals surface area contributed by atoms with Gasteiger partial charge in [0, 0.05) is 18.8 Å². The highest BCUT2D eigenvalue weighted by Crippen LogP contribution is 2.65. The Kier molecular flexibility index (Phi) is 8.64. The van der Waals surface area contributed by atoms with Gasteiger partial charge in [-0.25, -0.2) is 8.42 Å². The maximum atomic E-state index is 12.0. The van der Waals surface area contributed by atoms with E-state index in [-0.39, 0.29) is 0 Å². The molecule has 0 fully saturated rings. The predicted molar refractivity (Wildman–Crippen MR) is 94.9 cm³/mol. The van der Waals surface area contributed by atoms with Crippen LogP contribution in [-0.4, -0.2) is 47.3 Å². The predicted octanol–water partition coefficient (Wildman–Crippen LogP) is 3.30. The molecule has 0 aliphatic heterocycles. The summed E-state index contributed by atoms with van der Waals surface area (Å²) < 4.78 is 27.4. The van der Waals surface area contributed by atoms with E-state index in [1.165, 1.54) is 10.3 Å². The second-order valence-electron chi connectivity index (χ2n) is 3.96. The van der Waals surface area contributed by atoms with E-state index in [1.54, 1.807) is 11.4 Å². The van der Waals surface area contributed by atoms with Gasteiger partial charge in [0.1, 0.15) is 0 Å². The van der Waals surface area contributed by atoms with Gasteiger partial charge in [-0.15, -0.1) is 4.08 Å². The third-order valence-corrected chi connectivity index (χ3v) is 13.8. The van der Waals surface area contributed by atoms with Gasteiger partial charge in [0.15, 0.2) is 5.54 Å². The first-order valence-electron chi connectivity index (χ1n) is 6.16. The van der Waals surface area contributed by atoms with Crippen LogP contribution in [0.1, 0.15) is 34.1 Å². The second-order valence-corrected chi connectivity index (χ2v) is 13.9. The average Bonchev–Trinajstić information content (AvgIpc) is 2.25. The highest BCUT2D eigenvalue weighted by molar-refractivity contribution is 8.70. The zero-order chi connectivity index (χ0) is 15.3. The largest absolute Gasteiger partial charge is 0.319 e. The van der Waals surface area contributed by atoms with Crippen molar-refractivity contribution in [3.05, 3.63) is 0 Å². The van der Waals surface area contributed by atoms with Crippen molar-refractivity contribution in [2.45, 2.75) is 34.1 Å². The smallest absolute Gasteiger partial charge is 0.217 e. The van der Waals surface area contributed by atoms with E-state index in [4.69, 9.17) is 24.0 Å². The molecule has 19 heavy (non-hydrogen) atoms. The van der Waals surface area contributed by atoms with Crippen LogP contribution < -0.4 is 0 Å². The van der Waals surface area contributed by atoms with Crippen molar-refractivity contribution >= 4 is 56.0 Å². The topological polar surface area (TPSA) is 40.6 Å². The first-order valence-corrected chi connectivity index (χ1v) is 12.7. The fourth-order valence-electron chi connectivity index (χ4n) is 1.64. The summed E-state index contributed by atoms with van der Waals surface area (Å²) in [5.41, 5.74) is -2.45. The first kappa shape index (κ1) is 19.8. The molecule has 0 N–H and O–H groups in total. The Morgan fingerprint density at radius 2 is 1.79 bits per heavy atom. The molecule has 0 heterocycles. The molecule has 0 saturated carbocycles. The molecule has 0 aliphatic carbocycles. The number of thiocarbonyl (C=S) groups is 1. The zero-order valence-electron chi connectivity index (χ0n) is 12.1. The fourth-order valence-corrected chi connectivity index (χ4v) is 14.1. The summed E-state index contributed by atoms with van der Waals surface area (Å²) in [5, 5.41) is 0. The SMILES string of the molecule is CCCSP(=S)(N(CC)C(C)=S)N(CC)S(C)(=O)=O. The van der Waals surface area contributed by atoms with Crippen LogP contribution in [0.5, 0.6) is 0 Å². The molecule has 0 spiro atoms. The molecule has 1 atom stereocenters. The number of nitrogens with zero attached hydrogens (tertiary/aromatic N) is 2. The Hall–Kier alpha value is 0.800. The Morgan fingerprint density at radius 1 is 1.26 bits per heavy atom. The van der Waals surface area contributed by atoms with Crippen molar-refractivity contribution in [1.29, 1.82) is 0 Å². The van der Waals surface area contributed by atoms with E-state index in [9.17, 15) is 8.42 Å². The minimum absolute atomic E-state index is 0.381. The lowest BCUT2D eigenvalue weighted by atomic mass is 10.6. The molecule has 0 radical (unpaired) electrons. The van der Waals surface area contributed by atoms with Gasteiger partial charge < -0.3 is 4.67 Å². The molecule has 0 aromatic carbocycles. The zero-order valence-corrected chi connectivity index (χ0v) is 16.3. The van der Waals surface area contributed by atoms with Crippen molar-refractivity contribution in [3.8, 4) is 0 Å². The molecule has 1 unspecified atom stereocenters. The molecule has 114 valence electrons. The summed E-state index contributed by atoms with van der Waals surface area (Å²) >= 11 is 12.6. The molecule has 0 saturated heterocycles. The van der Waals surface area contributed by atoms with E-state index >= 15 is 0 Å². The summed E-state index contributed by atoms with van der Waals surface area (Å²) in [7, 11) is -3.34. The van der Waals surface area contributed by atoms with E-state index in [1.807, 2.05) is 25.4 Å². The van der Waals surface area contributed by atoms with Crippen molar-refractivity contribution in [3.63, 3.8) is 0 Å². The highest BCUT2D eigenvalue weighted by Gasteiger charge is 2.37. The van der Waals surface area contributed by atoms with Crippen LogP contribution in [0.15, 0.2) is 0 Å². The Balaban J connectivity index is 5.75. The lowest BCUT2D eigenvalue weighted by molar-refractivity contribution is 0.541. The van der Waals surface area contributed by atoms with Crippen LogP contribution in [0.3, 0.4) is 0 Å². The second kappa shape index (κ2) is 8.29. The van der Waals surface area contributed by atoms with Gasteiger partial charge in [0.25, 0.3) is 0 Å². The Morgan fingerprint density at radius 3 is 2.05 bits per heavy atom. The molecule has 0 rings (SSSR count). The maximum absolute atomic E-state index is 12.0. The van der Waals surface area contributed by atoms with Gasteiger partial charge >= 0.3 is 0 Å². The number of hydrogen-bond acceptors (Lipinski definition) is 5. The van der Waals surface area contributed by atoms with Crippen LogP contribution in [0, 0.1) is 0 Å². The molecule has 0 aliphatic rings. The monoisotopic (exact) mass is 362 g/mol. The molecular formula is C10H23N2O2PS4. The van der Waals surface area contributed by atoms with Gasteiger partial charge in [-0.05, 0) is 32.1 Å². The summed E-state index contributed by atoms with van der Waals surface area (Å²) in [4.78, 5) is 0.663. The van der Waals surface area contributed by atoms with Gasteiger partial charge in [-0.1, -0.05) is 37.4 Å². The van der Waals surface area contributed by atoms with Crippen molar-refractivity contribution < 1.29 is 8.42 Å². The number of hydrogen-bond donors (Lipinski definition) is 0. The number of rotatable bonds is 8. The molecule has 0 aromatic heterocycles.